The van der Waals surface area contributed by atoms with Gasteiger partial charge in [0.25, 0.3) is 5.56 Å². The average molecular weight is 438 g/mol. The first-order chi connectivity index (χ1) is 15.3. The molecule has 4 rings (SSSR count). The number of carbonyl (C=O) groups excluding carboxylic acids is 2. The molecule has 0 bridgehead atoms. The molecule has 1 saturated heterocycles. The van der Waals surface area contributed by atoms with E-state index in [1.54, 1.807) is 34.1 Å². The highest BCUT2D eigenvalue weighted by Crippen LogP contribution is 2.27. The topological polar surface area (TPSA) is 95.5 Å². The molecular formula is C23H23FN4O4. The fraction of sp³-hybridized carbons (Fsp3) is 0.304. The second kappa shape index (κ2) is 8.41. The third-order valence-electron chi connectivity index (χ3n) is 5.79. The Balaban J connectivity index is 1.78. The summed E-state index contributed by atoms with van der Waals surface area (Å²) in [4.78, 5) is 55.0. The monoisotopic (exact) mass is 438 g/mol. The van der Waals surface area contributed by atoms with E-state index in [2.05, 4.69) is 4.98 Å². The molecule has 0 radical (unpaired) electrons. The molecule has 166 valence electrons. The average Bonchev–Trinajstić information content (AvgIpc) is 2.77. The van der Waals surface area contributed by atoms with E-state index >= 15 is 0 Å². The molecule has 0 saturated carbocycles. The molecule has 1 unspecified atom stereocenters. The molecule has 1 aliphatic heterocycles. The van der Waals surface area contributed by atoms with Crippen molar-refractivity contribution in [3.05, 3.63) is 74.7 Å². The van der Waals surface area contributed by atoms with Gasteiger partial charge < -0.3 is 14.6 Å². The van der Waals surface area contributed by atoms with E-state index in [1.807, 2.05) is 13.8 Å². The van der Waals surface area contributed by atoms with Gasteiger partial charge in [0.2, 0.25) is 5.91 Å². The molecule has 0 aliphatic carbocycles. The van der Waals surface area contributed by atoms with E-state index in [0.29, 0.717) is 30.5 Å². The quantitative estimate of drug-likeness (QED) is 0.612. The van der Waals surface area contributed by atoms with Gasteiger partial charge in [-0.25, -0.2) is 9.18 Å². The third-order valence-corrected chi connectivity index (χ3v) is 5.79. The normalized spacial score (nSPS) is 15.4. The number of carbonyl (C=O) groups is 2. The van der Waals surface area contributed by atoms with Crippen LogP contribution in [0.4, 0.5) is 10.1 Å². The SMILES string of the molecule is CC(C)N1CCN(c2cc(C(C=O)n3c(=O)[nH]c(=O)c4ccccc43)ccc2F)CC1=O. The van der Waals surface area contributed by atoms with Crippen LogP contribution in [0, 0.1) is 5.82 Å². The lowest BCUT2D eigenvalue weighted by atomic mass is 10.0. The summed E-state index contributed by atoms with van der Waals surface area (Å²) in [5.74, 6) is -0.631. The number of para-hydroxylation sites is 1. The molecule has 9 heteroatoms. The highest BCUT2D eigenvalue weighted by atomic mass is 19.1. The van der Waals surface area contributed by atoms with Crippen molar-refractivity contribution in [2.75, 3.05) is 24.5 Å². The predicted octanol–water partition coefficient (Wildman–Crippen LogP) is 1.67. The van der Waals surface area contributed by atoms with Crippen LogP contribution in [0.25, 0.3) is 10.9 Å². The van der Waals surface area contributed by atoms with Crippen LogP contribution in [0.3, 0.4) is 0 Å². The molecule has 3 aromatic rings. The van der Waals surface area contributed by atoms with Crippen molar-refractivity contribution >= 4 is 28.8 Å². The Hall–Kier alpha value is -3.75. The van der Waals surface area contributed by atoms with Gasteiger partial charge in [-0.15, -0.1) is 0 Å². The van der Waals surface area contributed by atoms with Crippen LogP contribution in [0.1, 0.15) is 25.5 Å². The Morgan fingerprint density at radius 3 is 2.50 bits per heavy atom. The molecule has 2 aromatic carbocycles. The second-order valence-corrected chi connectivity index (χ2v) is 8.04. The lowest BCUT2D eigenvalue weighted by molar-refractivity contribution is -0.132. The highest BCUT2D eigenvalue weighted by Gasteiger charge is 2.28. The molecule has 1 fully saturated rings. The van der Waals surface area contributed by atoms with Crippen molar-refractivity contribution in [2.24, 2.45) is 0 Å². The van der Waals surface area contributed by atoms with Crippen molar-refractivity contribution in [3.8, 4) is 0 Å². The van der Waals surface area contributed by atoms with E-state index in [1.165, 1.54) is 22.8 Å². The zero-order valence-electron chi connectivity index (χ0n) is 17.7. The summed E-state index contributed by atoms with van der Waals surface area (Å²) in [5, 5.41) is 0.261. The van der Waals surface area contributed by atoms with Gasteiger partial charge in [-0.05, 0) is 43.7 Å². The predicted molar refractivity (Wildman–Crippen MR) is 118 cm³/mol. The van der Waals surface area contributed by atoms with Crippen molar-refractivity contribution in [3.63, 3.8) is 0 Å². The summed E-state index contributed by atoms with van der Waals surface area (Å²) in [5.41, 5.74) is -0.433. The number of amides is 1. The minimum Gasteiger partial charge on any atom is -0.358 e. The highest BCUT2D eigenvalue weighted by molar-refractivity contribution is 5.83. The summed E-state index contributed by atoms with van der Waals surface area (Å²) in [6.45, 7) is 4.77. The zero-order chi connectivity index (χ0) is 23.0. The largest absolute Gasteiger partial charge is 0.358 e. The second-order valence-electron chi connectivity index (χ2n) is 8.04. The van der Waals surface area contributed by atoms with Gasteiger partial charge in [0.05, 0.1) is 23.1 Å². The van der Waals surface area contributed by atoms with E-state index < -0.39 is 23.1 Å². The molecule has 1 N–H and O–H groups in total. The Morgan fingerprint density at radius 2 is 1.81 bits per heavy atom. The lowest BCUT2D eigenvalue weighted by Crippen LogP contribution is -2.53. The van der Waals surface area contributed by atoms with Crippen molar-refractivity contribution < 1.29 is 14.0 Å². The van der Waals surface area contributed by atoms with Crippen molar-refractivity contribution in [1.29, 1.82) is 0 Å². The Bertz CT molecular complexity index is 1310. The number of hydrogen-bond donors (Lipinski definition) is 1. The Morgan fingerprint density at radius 1 is 1.06 bits per heavy atom. The molecular weight excluding hydrogens is 415 g/mol. The fourth-order valence-corrected chi connectivity index (χ4v) is 4.17. The third kappa shape index (κ3) is 3.70. The lowest BCUT2D eigenvalue weighted by Gasteiger charge is -2.38. The van der Waals surface area contributed by atoms with Crippen LogP contribution in [0.2, 0.25) is 0 Å². The van der Waals surface area contributed by atoms with Gasteiger partial charge in [-0.2, -0.15) is 0 Å². The van der Waals surface area contributed by atoms with Crippen molar-refractivity contribution in [2.45, 2.75) is 25.9 Å². The summed E-state index contributed by atoms with van der Waals surface area (Å²) < 4.78 is 15.9. The summed E-state index contributed by atoms with van der Waals surface area (Å²) >= 11 is 0. The van der Waals surface area contributed by atoms with Gasteiger partial charge in [0.15, 0.2) is 0 Å². The van der Waals surface area contributed by atoms with Gasteiger partial charge in [0.1, 0.15) is 18.1 Å². The number of nitrogens with zero attached hydrogens (tertiary/aromatic N) is 3. The van der Waals surface area contributed by atoms with Crippen LogP contribution >= 0.6 is 0 Å². The molecule has 2 heterocycles. The van der Waals surface area contributed by atoms with E-state index in [0.717, 1.165) is 0 Å². The van der Waals surface area contributed by atoms with Crippen molar-refractivity contribution in [1.82, 2.24) is 14.5 Å². The summed E-state index contributed by atoms with van der Waals surface area (Å²) in [6.07, 6.45) is 0.574. The van der Waals surface area contributed by atoms with Gasteiger partial charge >= 0.3 is 5.69 Å². The Labute approximate surface area is 182 Å². The van der Waals surface area contributed by atoms with E-state index in [4.69, 9.17) is 0 Å². The number of fused-ring (bicyclic) bond motifs is 1. The number of H-pyrrole nitrogens is 1. The number of nitrogens with one attached hydrogen (secondary N) is 1. The standard InChI is InChI=1S/C23H23FN4O4/c1-14(2)27-10-9-26(12-21(27)30)19-11-15(7-8-17(19)24)20(13-29)28-18-6-4-3-5-16(18)22(31)25-23(28)32/h3-8,11,13-14,20H,9-10,12H2,1-2H3,(H,25,31,32). The minimum atomic E-state index is -1.09. The molecule has 8 nitrogen and oxygen atoms in total. The van der Waals surface area contributed by atoms with Crippen LogP contribution < -0.4 is 16.1 Å². The van der Waals surface area contributed by atoms with Crippen LogP contribution in [0.15, 0.2) is 52.1 Å². The number of hydrogen-bond acceptors (Lipinski definition) is 5. The smallest absolute Gasteiger partial charge is 0.329 e. The molecule has 1 amide bonds. The number of rotatable bonds is 5. The molecule has 32 heavy (non-hydrogen) atoms. The maximum absolute atomic E-state index is 14.7. The number of piperazine rings is 1. The van der Waals surface area contributed by atoms with Gasteiger partial charge in [0, 0.05) is 19.1 Å². The fourth-order valence-electron chi connectivity index (χ4n) is 4.17. The molecule has 0 spiro atoms. The first kappa shape index (κ1) is 21.5. The number of anilines is 1. The van der Waals surface area contributed by atoms with E-state index in [9.17, 15) is 23.6 Å². The number of halogens is 1. The first-order valence-corrected chi connectivity index (χ1v) is 10.3. The first-order valence-electron chi connectivity index (χ1n) is 10.3. The van der Waals surface area contributed by atoms with E-state index in [-0.39, 0.29) is 29.6 Å². The number of aldehydes is 1. The zero-order valence-corrected chi connectivity index (χ0v) is 17.7. The molecule has 1 atom stereocenters. The van der Waals surface area contributed by atoms with Crippen LogP contribution in [-0.4, -0.2) is 52.3 Å². The minimum absolute atomic E-state index is 0.0197. The van der Waals surface area contributed by atoms with Gasteiger partial charge in [-0.1, -0.05) is 18.2 Å². The number of benzene rings is 2. The van der Waals surface area contributed by atoms with Crippen LogP contribution in [0.5, 0.6) is 0 Å². The number of aromatic amines is 1. The molecule has 1 aromatic heterocycles. The molecule has 1 aliphatic rings. The van der Waals surface area contributed by atoms with Gasteiger partial charge in [-0.3, -0.25) is 19.1 Å². The Kier molecular flexibility index (Phi) is 5.65. The van der Waals surface area contributed by atoms with Crippen LogP contribution in [-0.2, 0) is 9.59 Å². The number of aromatic nitrogens is 2. The summed E-state index contributed by atoms with van der Waals surface area (Å²) in [7, 11) is 0. The maximum Gasteiger partial charge on any atom is 0.329 e. The summed E-state index contributed by atoms with van der Waals surface area (Å²) in [6, 6.07) is 9.56. The maximum atomic E-state index is 14.7.